The summed E-state index contributed by atoms with van der Waals surface area (Å²) in [5.74, 6) is 0.615. The van der Waals surface area contributed by atoms with Gasteiger partial charge in [-0.05, 0) is 17.4 Å². The Kier molecular flexibility index (Phi) is 4.71. The lowest BCUT2D eigenvalue weighted by Gasteiger charge is -2.21. The molecular formula is C13H18N2S2. The third-order valence-corrected chi connectivity index (χ3v) is 4.34. The number of thiazole rings is 1. The summed E-state index contributed by atoms with van der Waals surface area (Å²) in [5, 5.41) is 7.90. The largest absolute Gasteiger partial charge is 0.309 e. The highest BCUT2D eigenvalue weighted by molar-refractivity contribution is 7.10. The lowest BCUT2D eigenvalue weighted by Crippen LogP contribution is -2.27. The number of thiophene rings is 1. The molecule has 0 spiro atoms. The van der Waals surface area contributed by atoms with Crippen molar-refractivity contribution in [2.24, 2.45) is 5.92 Å². The predicted octanol–water partition coefficient (Wildman–Crippen LogP) is 3.73. The monoisotopic (exact) mass is 266 g/mol. The summed E-state index contributed by atoms with van der Waals surface area (Å²) < 4.78 is 0. The van der Waals surface area contributed by atoms with Gasteiger partial charge >= 0.3 is 0 Å². The van der Waals surface area contributed by atoms with Crippen molar-refractivity contribution in [3.63, 3.8) is 0 Å². The summed E-state index contributed by atoms with van der Waals surface area (Å²) >= 11 is 3.50. The van der Waals surface area contributed by atoms with Crippen LogP contribution in [0.5, 0.6) is 0 Å². The number of hydrogen-bond donors (Lipinski definition) is 1. The van der Waals surface area contributed by atoms with Gasteiger partial charge in [0.25, 0.3) is 0 Å². The Morgan fingerprint density at radius 3 is 2.88 bits per heavy atom. The van der Waals surface area contributed by atoms with Crippen molar-refractivity contribution in [2.75, 3.05) is 6.54 Å². The fraction of sp³-hybridized carbons (Fsp3) is 0.462. The second-order valence-corrected chi connectivity index (χ2v) is 6.12. The van der Waals surface area contributed by atoms with Gasteiger partial charge in [-0.15, -0.1) is 22.7 Å². The maximum Gasteiger partial charge on any atom is 0.0794 e. The molecule has 0 bridgehead atoms. The maximum absolute atomic E-state index is 4.30. The first-order chi connectivity index (χ1) is 8.27. The lowest BCUT2D eigenvalue weighted by molar-refractivity contribution is 0.420. The van der Waals surface area contributed by atoms with E-state index in [9.17, 15) is 0 Å². The maximum atomic E-state index is 4.30. The summed E-state index contributed by atoms with van der Waals surface area (Å²) in [7, 11) is 0. The van der Waals surface area contributed by atoms with Crippen LogP contribution in [0.25, 0.3) is 0 Å². The molecule has 0 amide bonds. The molecule has 0 aliphatic carbocycles. The van der Waals surface area contributed by atoms with E-state index >= 15 is 0 Å². The zero-order chi connectivity index (χ0) is 12.1. The molecule has 2 heterocycles. The van der Waals surface area contributed by atoms with Gasteiger partial charge in [0, 0.05) is 29.3 Å². The SMILES string of the molecule is CC(C)C(NCCc1cscn1)c1cccs1. The van der Waals surface area contributed by atoms with E-state index in [0.29, 0.717) is 12.0 Å². The molecule has 0 saturated heterocycles. The smallest absolute Gasteiger partial charge is 0.0794 e. The minimum absolute atomic E-state index is 0.466. The van der Waals surface area contributed by atoms with Gasteiger partial charge in [0.05, 0.1) is 11.2 Å². The van der Waals surface area contributed by atoms with E-state index in [4.69, 9.17) is 0 Å². The summed E-state index contributed by atoms with van der Waals surface area (Å²) in [6.45, 7) is 5.52. The van der Waals surface area contributed by atoms with Crippen molar-refractivity contribution in [2.45, 2.75) is 26.3 Å². The molecule has 1 unspecified atom stereocenters. The van der Waals surface area contributed by atoms with E-state index in [1.165, 1.54) is 10.6 Å². The van der Waals surface area contributed by atoms with Crippen LogP contribution in [0.15, 0.2) is 28.4 Å². The van der Waals surface area contributed by atoms with Gasteiger partial charge in [-0.3, -0.25) is 0 Å². The van der Waals surface area contributed by atoms with E-state index in [1.807, 2.05) is 16.8 Å². The first-order valence-electron chi connectivity index (χ1n) is 5.91. The molecule has 2 aromatic rings. The normalized spacial score (nSPS) is 13.1. The van der Waals surface area contributed by atoms with Crippen molar-refractivity contribution in [1.29, 1.82) is 0 Å². The third-order valence-electron chi connectivity index (χ3n) is 2.75. The van der Waals surface area contributed by atoms with Crippen LogP contribution in [-0.4, -0.2) is 11.5 Å². The van der Waals surface area contributed by atoms with Crippen molar-refractivity contribution in [3.05, 3.63) is 39.0 Å². The van der Waals surface area contributed by atoms with Crippen LogP contribution in [0, 0.1) is 5.92 Å². The molecule has 0 radical (unpaired) electrons. The molecular weight excluding hydrogens is 248 g/mol. The summed E-state index contributed by atoms with van der Waals surface area (Å²) in [4.78, 5) is 5.73. The number of aromatic nitrogens is 1. The molecule has 2 aromatic heterocycles. The Bertz CT molecular complexity index is 407. The van der Waals surface area contributed by atoms with Crippen LogP contribution in [0.3, 0.4) is 0 Å². The van der Waals surface area contributed by atoms with Crippen molar-refractivity contribution in [3.8, 4) is 0 Å². The zero-order valence-corrected chi connectivity index (χ0v) is 11.9. The standard InChI is InChI=1S/C13H18N2S2/c1-10(2)13(12-4-3-7-17-12)14-6-5-11-8-16-9-15-11/h3-4,7-10,13-14H,5-6H2,1-2H3. The second kappa shape index (κ2) is 6.28. The fourth-order valence-corrected chi connectivity index (χ4v) is 3.42. The first kappa shape index (κ1) is 12.7. The van der Waals surface area contributed by atoms with Crippen LogP contribution in [0.2, 0.25) is 0 Å². The van der Waals surface area contributed by atoms with Gasteiger partial charge in [-0.2, -0.15) is 0 Å². The van der Waals surface area contributed by atoms with Crippen LogP contribution in [0.4, 0.5) is 0 Å². The zero-order valence-electron chi connectivity index (χ0n) is 10.2. The topological polar surface area (TPSA) is 24.9 Å². The molecule has 0 saturated carbocycles. The lowest BCUT2D eigenvalue weighted by atomic mass is 10.0. The van der Waals surface area contributed by atoms with Crippen LogP contribution in [-0.2, 0) is 6.42 Å². The molecule has 0 aliphatic rings. The average molecular weight is 266 g/mol. The molecule has 4 heteroatoms. The average Bonchev–Trinajstić information content (AvgIpc) is 2.96. The Balaban J connectivity index is 1.86. The van der Waals surface area contributed by atoms with Crippen LogP contribution in [0.1, 0.15) is 30.5 Å². The molecule has 1 N–H and O–H groups in total. The Morgan fingerprint density at radius 2 is 2.29 bits per heavy atom. The number of rotatable bonds is 6. The predicted molar refractivity (Wildman–Crippen MR) is 75.7 cm³/mol. The van der Waals surface area contributed by atoms with Gasteiger partial charge in [0.1, 0.15) is 0 Å². The summed E-state index contributed by atoms with van der Waals surface area (Å²) in [5.41, 5.74) is 3.09. The van der Waals surface area contributed by atoms with Gasteiger partial charge in [0.15, 0.2) is 0 Å². The molecule has 2 rings (SSSR count). The minimum atomic E-state index is 0.466. The Labute approximate surface area is 111 Å². The minimum Gasteiger partial charge on any atom is -0.309 e. The van der Waals surface area contributed by atoms with E-state index in [1.54, 1.807) is 11.3 Å². The van der Waals surface area contributed by atoms with Gasteiger partial charge in [-0.25, -0.2) is 4.98 Å². The van der Waals surface area contributed by atoms with Crippen molar-refractivity contribution in [1.82, 2.24) is 10.3 Å². The van der Waals surface area contributed by atoms with Crippen LogP contribution >= 0.6 is 22.7 Å². The Morgan fingerprint density at radius 1 is 1.41 bits per heavy atom. The van der Waals surface area contributed by atoms with Crippen molar-refractivity contribution >= 4 is 22.7 Å². The van der Waals surface area contributed by atoms with Gasteiger partial charge < -0.3 is 5.32 Å². The molecule has 0 aromatic carbocycles. The third kappa shape index (κ3) is 3.63. The Hall–Kier alpha value is -0.710. The molecule has 92 valence electrons. The van der Waals surface area contributed by atoms with E-state index < -0.39 is 0 Å². The molecule has 0 aliphatic heterocycles. The van der Waals surface area contributed by atoms with Gasteiger partial charge in [0.2, 0.25) is 0 Å². The van der Waals surface area contributed by atoms with Crippen LogP contribution < -0.4 is 5.32 Å². The highest BCUT2D eigenvalue weighted by atomic mass is 32.1. The number of hydrogen-bond acceptors (Lipinski definition) is 4. The quantitative estimate of drug-likeness (QED) is 0.861. The summed E-state index contributed by atoms with van der Waals surface area (Å²) in [6, 6.07) is 4.80. The highest BCUT2D eigenvalue weighted by Gasteiger charge is 2.15. The van der Waals surface area contributed by atoms with Gasteiger partial charge in [-0.1, -0.05) is 19.9 Å². The van der Waals surface area contributed by atoms with Crippen molar-refractivity contribution < 1.29 is 0 Å². The molecule has 0 fully saturated rings. The molecule has 2 nitrogen and oxygen atoms in total. The highest BCUT2D eigenvalue weighted by Crippen LogP contribution is 2.25. The van der Waals surface area contributed by atoms with E-state index in [-0.39, 0.29) is 0 Å². The number of nitrogens with one attached hydrogen (secondary N) is 1. The molecule has 17 heavy (non-hydrogen) atoms. The fourth-order valence-electron chi connectivity index (χ4n) is 1.85. The number of nitrogens with zero attached hydrogens (tertiary/aromatic N) is 1. The van der Waals surface area contributed by atoms with E-state index in [2.05, 4.69) is 47.0 Å². The summed E-state index contributed by atoms with van der Waals surface area (Å²) in [6.07, 6.45) is 1.01. The van der Waals surface area contributed by atoms with E-state index in [0.717, 1.165) is 13.0 Å². The second-order valence-electron chi connectivity index (χ2n) is 4.42. The first-order valence-corrected chi connectivity index (χ1v) is 7.73. The molecule has 1 atom stereocenters.